The summed E-state index contributed by atoms with van der Waals surface area (Å²) in [6, 6.07) is 0.261. The van der Waals surface area contributed by atoms with Gasteiger partial charge in [0.05, 0.1) is 11.0 Å². The van der Waals surface area contributed by atoms with Crippen LogP contribution in [0.4, 0.5) is 5.69 Å². The highest BCUT2D eigenvalue weighted by Gasteiger charge is 2.24. The van der Waals surface area contributed by atoms with Crippen LogP contribution in [-0.2, 0) is 0 Å². The maximum Gasteiger partial charge on any atom is 0.312 e. The smallest absolute Gasteiger partial charge is 0.259 e. The van der Waals surface area contributed by atoms with E-state index in [9.17, 15) is 10.1 Å². The van der Waals surface area contributed by atoms with Crippen LogP contribution < -0.4 is 0 Å². The lowest BCUT2D eigenvalue weighted by Gasteiger charge is -2.14. The molecule has 1 rings (SSSR count). The van der Waals surface area contributed by atoms with Gasteiger partial charge >= 0.3 is 5.69 Å². The third-order valence-corrected chi connectivity index (χ3v) is 2.76. The molecule has 0 spiro atoms. The zero-order chi connectivity index (χ0) is 11.6. The summed E-state index contributed by atoms with van der Waals surface area (Å²) in [6.45, 7) is 7.58. The molecular weight excluding hydrogens is 194 g/mol. The fourth-order valence-electron chi connectivity index (χ4n) is 1.91. The maximum atomic E-state index is 10.8. The Labute approximate surface area is 89.2 Å². The molecule has 5 heteroatoms. The van der Waals surface area contributed by atoms with Gasteiger partial charge in [0.1, 0.15) is 11.4 Å². The number of rotatable bonds is 4. The van der Waals surface area contributed by atoms with E-state index in [0.29, 0.717) is 11.4 Å². The number of aryl methyl sites for hydroxylation is 1. The van der Waals surface area contributed by atoms with Gasteiger partial charge in [0.25, 0.3) is 0 Å². The lowest BCUT2D eigenvalue weighted by Crippen LogP contribution is -2.10. The van der Waals surface area contributed by atoms with Crippen LogP contribution in [0, 0.1) is 24.0 Å². The van der Waals surface area contributed by atoms with Gasteiger partial charge < -0.3 is 0 Å². The Morgan fingerprint density at radius 2 is 1.93 bits per heavy atom. The van der Waals surface area contributed by atoms with Crippen molar-refractivity contribution >= 4 is 5.69 Å². The molecule has 1 heterocycles. The standard InChI is InChI=1S/C10H17N3O2/c1-5-9(6-2)12-8(4)10(13(14)15)7(3)11-12/h9H,5-6H2,1-4H3. The Morgan fingerprint density at radius 3 is 2.27 bits per heavy atom. The summed E-state index contributed by atoms with van der Waals surface area (Å²) in [5.74, 6) is 0. The molecule has 0 radical (unpaired) electrons. The van der Waals surface area contributed by atoms with Crippen molar-refractivity contribution in [1.82, 2.24) is 9.78 Å². The number of hydrogen-bond acceptors (Lipinski definition) is 3. The van der Waals surface area contributed by atoms with Crippen molar-refractivity contribution in [2.24, 2.45) is 0 Å². The lowest BCUT2D eigenvalue weighted by atomic mass is 10.2. The second-order valence-corrected chi connectivity index (χ2v) is 3.69. The van der Waals surface area contributed by atoms with Crippen LogP contribution in [0.2, 0.25) is 0 Å². The molecular formula is C10H17N3O2. The summed E-state index contributed by atoms with van der Waals surface area (Å²) in [7, 11) is 0. The predicted octanol–water partition coefficient (Wildman–Crippen LogP) is 2.77. The molecule has 0 saturated carbocycles. The van der Waals surface area contributed by atoms with E-state index in [1.54, 1.807) is 18.5 Å². The second-order valence-electron chi connectivity index (χ2n) is 3.69. The summed E-state index contributed by atoms with van der Waals surface area (Å²) < 4.78 is 1.79. The average Bonchev–Trinajstić information content (AvgIpc) is 2.44. The van der Waals surface area contributed by atoms with E-state index >= 15 is 0 Å². The molecule has 1 aromatic rings. The van der Waals surface area contributed by atoms with Crippen molar-refractivity contribution in [3.63, 3.8) is 0 Å². The molecule has 5 nitrogen and oxygen atoms in total. The molecule has 0 aliphatic carbocycles. The lowest BCUT2D eigenvalue weighted by molar-refractivity contribution is -0.386. The summed E-state index contributed by atoms with van der Waals surface area (Å²) in [5, 5.41) is 15.1. The van der Waals surface area contributed by atoms with Crippen LogP contribution >= 0.6 is 0 Å². The predicted molar refractivity (Wildman–Crippen MR) is 58.0 cm³/mol. The first kappa shape index (κ1) is 11.7. The van der Waals surface area contributed by atoms with Crippen molar-refractivity contribution < 1.29 is 4.92 Å². The largest absolute Gasteiger partial charge is 0.312 e. The monoisotopic (exact) mass is 211 g/mol. The number of hydrogen-bond donors (Lipinski definition) is 0. The second kappa shape index (κ2) is 4.42. The van der Waals surface area contributed by atoms with Crippen molar-refractivity contribution in [2.75, 3.05) is 0 Å². The third kappa shape index (κ3) is 2.00. The Bertz CT molecular complexity index is 367. The quantitative estimate of drug-likeness (QED) is 0.568. The molecule has 0 N–H and O–H groups in total. The fraction of sp³-hybridized carbons (Fsp3) is 0.700. The highest BCUT2D eigenvalue weighted by Crippen LogP contribution is 2.26. The molecule has 0 bridgehead atoms. The minimum atomic E-state index is -0.351. The van der Waals surface area contributed by atoms with Gasteiger partial charge in [-0.25, -0.2) is 0 Å². The molecule has 1 aromatic heterocycles. The normalized spacial score (nSPS) is 11.0. The van der Waals surface area contributed by atoms with Gasteiger partial charge in [0, 0.05) is 0 Å². The van der Waals surface area contributed by atoms with Gasteiger partial charge in [-0.05, 0) is 26.7 Å². The molecule has 15 heavy (non-hydrogen) atoms. The molecule has 0 aromatic carbocycles. The van der Waals surface area contributed by atoms with Gasteiger partial charge in [-0.2, -0.15) is 5.10 Å². The van der Waals surface area contributed by atoms with Gasteiger partial charge in [0.2, 0.25) is 0 Å². The first-order valence-corrected chi connectivity index (χ1v) is 5.22. The molecule has 84 valence electrons. The topological polar surface area (TPSA) is 61.0 Å². The molecule has 0 amide bonds. The Kier molecular flexibility index (Phi) is 3.44. The van der Waals surface area contributed by atoms with E-state index in [-0.39, 0.29) is 16.7 Å². The zero-order valence-corrected chi connectivity index (χ0v) is 9.65. The van der Waals surface area contributed by atoms with Crippen molar-refractivity contribution in [2.45, 2.75) is 46.6 Å². The first-order chi connectivity index (χ1) is 7.02. The SMILES string of the molecule is CCC(CC)n1nc(C)c([N+](=O)[O-])c1C. The molecule has 0 fully saturated rings. The molecule has 0 saturated heterocycles. The molecule has 0 aliphatic heterocycles. The Morgan fingerprint density at radius 1 is 1.40 bits per heavy atom. The van der Waals surface area contributed by atoms with Gasteiger partial charge in [0.15, 0.2) is 0 Å². The summed E-state index contributed by atoms with van der Waals surface area (Å²) >= 11 is 0. The van der Waals surface area contributed by atoms with Gasteiger partial charge in [-0.15, -0.1) is 0 Å². The average molecular weight is 211 g/mol. The number of nitro groups is 1. The zero-order valence-electron chi connectivity index (χ0n) is 9.65. The highest BCUT2D eigenvalue weighted by molar-refractivity contribution is 5.39. The van der Waals surface area contributed by atoms with Crippen LogP contribution in [0.5, 0.6) is 0 Å². The van der Waals surface area contributed by atoms with Gasteiger partial charge in [-0.3, -0.25) is 14.8 Å². The van der Waals surface area contributed by atoms with Crippen molar-refractivity contribution in [3.8, 4) is 0 Å². The van der Waals surface area contributed by atoms with Crippen LogP contribution in [-0.4, -0.2) is 14.7 Å². The summed E-state index contributed by atoms with van der Waals surface area (Å²) in [5.41, 5.74) is 1.32. The maximum absolute atomic E-state index is 10.8. The van der Waals surface area contributed by atoms with Crippen LogP contribution in [0.3, 0.4) is 0 Å². The van der Waals surface area contributed by atoms with E-state index in [2.05, 4.69) is 18.9 Å². The van der Waals surface area contributed by atoms with E-state index in [1.807, 2.05) is 0 Å². The summed E-state index contributed by atoms with van der Waals surface area (Å²) in [4.78, 5) is 10.5. The van der Waals surface area contributed by atoms with Crippen LogP contribution in [0.1, 0.15) is 44.1 Å². The minimum absolute atomic E-state index is 0.155. The Hall–Kier alpha value is -1.39. The first-order valence-electron chi connectivity index (χ1n) is 5.22. The van der Waals surface area contributed by atoms with E-state index < -0.39 is 0 Å². The number of aromatic nitrogens is 2. The molecule has 0 unspecified atom stereocenters. The van der Waals surface area contributed by atoms with Crippen LogP contribution in [0.25, 0.3) is 0 Å². The summed E-state index contributed by atoms with van der Waals surface area (Å²) in [6.07, 6.45) is 1.88. The van der Waals surface area contributed by atoms with Gasteiger partial charge in [-0.1, -0.05) is 13.8 Å². The fourth-order valence-corrected chi connectivity index (χ4v) is 1.91. The van der Waals surface area contributed by atoms with E-state index in [1.165, 1.54) is 0 Å². The van der Waals surface area contributed by atoms with Crippen molar-refractivity contribution in [1.29, 1.82) is 0 Å². The van der Waals surface area contributed by atoms with E-state index in [4.69, 9.17) is 0 Å². The van der Waals surface area contributed by atoms with Crippen LogP contribution in [0.15, 0.2) is 0 Å². The Balaban J connectivity index is 3.22. The molecule has 0 aliphatic rings. The number of nitrogens with zero attached hydrogens (tertiary/aromatic N) is 3. The van der Waals surface area contributed by atoms with Crippen molar-refractivity contribution in [3.05, 3.63) is 21.5 Å². The highest BCUT2D eigenvalue weighted by atomic mass is 16.6. The minimum Gasteiger partial charge on any atom is -0.259 e. The van der Waals surface area contributed by atoms with E-state index in [0.717, 1.165) is 12.8 Å². The molecule has 0 atom stereocenters. The third-order valence-electron chi connectivity index (χ3n) is 2.76.